The number of piperazine rings is 1. The first-order valence-electron chi connectivity index (χ1n) is 11.5. The summed E-state index contributed by atoms with van der Waals surface area (Å²) in [6, 6.07) is 17.4. The Kier molecular flexibility index (Phi) is 6.07. The van der Waals surface area contributed by atoms with Gasteiger partial charge in [-0.2, -0.15) is 0 Å². The molecule has 1 fully saturated rings. The quantitative estimate of drug-likeness (QED) is 0.440. The third-order valence-electron chi connectivity index (χ3n) is 5.80. The number of hydrogen-bond acceptors (Lipinski definition) is 7. The van der Waals surface area contributed by atoms with Crippen LogP contribution in [0.15, 0.2) is 60.9 Å². The first kappa shape index (κ1) is 21.8. The fraction of sp³-hybridized carbons (Fsp3) is 0.320. The van der Waals surface area contributed by atoms with Crippen molar-refractivity contribution < 1.29 is 9.53 Å². The number of anilines is 1. The summed E-state index contributed by atoms with van der Waals surface area (Å²) in [6.07, 6.45) is 1.66. The number of amides is 1. The number of benzene rings is 2. The highest BCUT2D eigenvalue weighted by molar-refractivity contribution is 5.94. The highest BCUT2D eigenvalue weighted by Crippen LogP contribution is 2.23. The monoisotopic (exact) mass is 457 g/mol. The minimum Gasteiger partial charge on any atom is -0.491 e. The van der Waals surface area contributed by atoms with E-state index in [0.717, 1.165) is 17.1 Å². The van der Waals surface area contributed by atoms with Crippen molar-refractivity contribution in [1.29, 1.82) is 0 Å². The van der Waals surface area contributed by atoms with Gasteiger partial charge in [0.25, 0.3) is 5.91 Å². The molecule has 1 aliphatic rings. The molecule has 4 aromatic rings. The molecule has 2 aromatic heterocycles. The SMILES string of the molecule is CC(C)Oc1ccc(C(=O)N2CCN(c3ncnc4c3nnn4Cc3ccccc3)CC2)cc1. The molecule has 1 aliphatic heterocycles. The van der Waals surface area contributed by atoms with Crippen molar-refractivity contribution in [3.05, 3.63) is 72.1 Å². The van der Waals surface area contributed by atoms with Gasteiger partial charge in [0.2, 0.25) is 0 Å². The van der Waals surface area contributed by atoms with E-state index in [1.165, 1.54) is 0 Å². The topological polar surface area (TPSA) is 89.3 Å². The van der Waals surface area contributed by atoms with E-state index in [-0.39, 0.29) is 12.0 Å². The van der Waals surface area contributed by atoms with E-state index in [1.807, 2.05) is 61.2 Å². The maximum Gasteiger partial charge on any atom is 0.253 e. The van der Waals surface area contributed by atoms with Crippen LogP contribution in [0.25, 0.3) is 11.2 Å². The van der Waals surface area contributed by atoms with Crippen molar-refractivity contribution in [2.45, 2.75) is 26.5 Å². The van der Waals surface area contributed by atoms with Crippen LogP contribution in [-0.2, 0) is 6.54 Å². The highest BCUT2D eigenvalue weighted by Gasteiger charge is 2.25. The summed E-state index contributed by atoms with van der Waals surface area (Å²) in [5.74, 6) is 1.55. The summed E-state index contributed by atoms with van der Waals surface area (Å²) in [5, 5.41) is 8.69. The lowest BCUT2D eigenvalue weighted by molar-refractivity contribution is 0.0746. The zero-order valence-electron chi connectivity index (χ0n) is 19.3. The molecule has 0 atom stereocenters. The summed E-state index contributed by atoms with van der Waals surface area (Å²) in [5.41, 5.74) is 3.18. The smallest absolute Gasteiger partial charge is 0.253 e. The molecule has 174 valence electrons. The van der Waals surface area contributed by atoms with E-state index in [2.05, 4.69) is 37.3 Å². The van der Waals surface area contributed by atoms with E-state index in [0.29, 0.717) is 49.5 Å². The van der Waals surface area contributed by atoms with Crippen LogP contribution < -0.4 is 9.64 Å². The number of nitrogens with zero attached hydrogens (tertiary/aromatic N) is 7. The summed E-state index contributed by atoms with van der Waals surface area (Å²) >= 11 is 0. The summed E-state index contributed by atoms with van der Waals surface area (Å²) in [4.78, 5) is 25.9. The van der Waals surface area contributed by atoms with Crippen molar-refractivity contribution in [3.8, 4) is 5.75 Å². The number of rotatable bonds is 6. The van der Waals surface area contributed by atoms with Crippen molar-refractivity contribution in [1.82, 2.24) is 29.9 Å². The number of carbonyl (C=O) groups is 1. The summed E-state index contributed by atoms with van der Waals surface area (Å²) in [6.45, 7) is 7.09. The maximum atomic E-state index is 13.0. The molecular weight excluding hydrogens is 430 g/mol. The highest BCUT2D eigenvalue weighted by atomic mass is 16.5. The van der Waals surface area contributed by atoms with Crippen LogP contribution in [0.3, 0.4) is 0 Å². The van der Waals surface area contributed by atoms with Gasteiger partial charge in [0.1, 0.15) is 12.1 Å². The molecule has 2 aromatic carbocycles. The molecule has 9 heteroatoms. The Morgan fingerprint density at radius 3 is 2.41 bits per heavy atom. The molecule has 0 saturated carbocycles. The zero-order chi connectivity index (χ0) is 23.5. The average Bonchev–Trinajstić information content (AvgIpc) is 3.27. The fourth-order valence-corrected chi connectivity index (χ4v) is 4.13. The van der Waals surface area contributed by atoms with Crippen LogP contribution >= 0.6 is 0 Å². The maximum absolute atomic E-state index is 13.0. The van der Waals surface area contributed by atoms with E-state index in [4.69, 9.17) is 4.74 Å². The number of aromatic nitrogens is 5. The standard InChI is InChI=1S/C25H27N7O2/c1-18(2)34-21-10-8-20(9-11-21)25(33)31-14-12-30(13-15-31)23-22-24(27-17-26-23)32(29-28-22)16-19-6-4-3-5-7-19/h3-11,17-18H,12-16H2,1-2H3. The molecular formula is C25H27N7O2. The van der Waals surface area contributed by atoms with Gasteiger partial charge in [-0.3, -0.25) is 4.79 Å². The van der Waals surface area contributed by atoms with Gasteiger partial charge in [-0.05, 0) is 43.7 Å². The van der Waals surface area contributed by atoms with Crippen LogP contribution in [0.4, 0.5) is 5.82 Å². The average molecular weight is 458 g/mol. The third kappa shape index (κ3) is 4.54. The predicted molar refractivity (Wildman–Crippen MR) is 129 cm³/mol. The summed E-state index contributed by atoms with van der Waals surface area (Å²) < 4.78 is 7.47. The molecule has 0 aliphatic carbocycles. The van der Waals surface area contributed by atoms with Crippen LogP contribution in [-0.4, -0.2) is 68.1 Å². The fourth-order valence-electron chi connectivity index (χ4n) is 4.13. The molecule has 9 nitrogen and oxygen atoms in total. The van der Waals surface area contributed by atoms with Gasteiger partial charge in [0.05, 0.1) is 12.6 Å². The van der Waals surface area contributed by atoms with E-state index in [1.54, 1.807) is 11.0 Å². The van der Waals surface area contributed by atoms with Crippen molar-refractivity contribution >= 4 is 22.9 Å². The van der Waals surface area contributed by atoms with Gasteiger partial charge in [-0.15, -0.1) is 5.10 Å². The van der Waals surface area contributed by atoms with Gasteiger partial charge in [0, 0.05) is 31.7 Å². The molecule has 0 spiro atoms. The molecule has 3 heterocycles. The minimum atomic E-state index is 0.0254. The first-order chi connectivity index (χ1) is 16.6. The molecule has 0 N–H and O–H groups in total. The largest absolute Gasteiger partial charge is 0.491 e. The lowest BCUT2D eigenvalue weighted by atomic mass is 10.1. The molecule has 1 saturated heterocycles. The molecule has 5 rings (SSSR count). The van der Waals surface area contributed by atoms with Crippen LogP contribution in [0.1, 0.15) is 29.8 Å². The second-order valence-corrected chi connectivity index (χ2v) is 8.57. The number of fused-ring (bicyclic) bond motifs is 1. The van der Waals surface area contributed by atoms with Crippen LogP contribution in [0.2, 0.25) is 0 Å². The lowest BCUT2D eigenvalue weighted by Crippen LogP contribution is -2.49. The third-order valence-corrected chi connectivity index (χ3v) is 5.80. The Balaban J connectivity index is 1.26. The lowest BCUT2D eigenvalue weighted by Gasteiger charge is -2.35. The summed E-state index contributed by atoms with van der Waals surface area (Å²) in [7, 11) is 0. The van der Waals surface area contributed by atoms with Crippen molar-refractivity contribution in [2.75, 3.05) is 31.1 Å². The Bertz CT molecular complexity index is 1260. The molecule has 0 unspecified atom stereocenters. The molecule has 0 bridgehead atoms. The second kappa shape index (κ2) is 9.46. The van der Waals surface area contributed by atoms with Crippen LogP contribution in [0, 0.1) is 0 Å². The van der Waals surface area contributed by atoms with Gasteiger partial charge in [-0.1, -0.05) is 35.5 Å². The minimum absolute atomic E-state index is 0.0254. The Morgan fingerprint density at radius 2 is 1.71 bits per heavy atom. The second-order valence-electron chi connectivity index (χ2n) is 8.57. The van der Waals surface area contributed by atoms with E-state index < -0.39 is 0 Å². The van der Waals surface area contributed by atoms with Gasteiger partial charge in [-0.25, -0.2) is 14.6 Å². The van der Waals surface area contributed by atoms with Gasteiger partial charge in [0.15, 0.2) is 17.0 Å². The number of ether oxygens (including phenoxy) is 1. The van der Waals surface area contributed by atoms with E-state index in [9.17, 15) is 4.79 Å². The Labute approximate surface area is 198 Å². The van der Waals surface area contributed by atoms with Gasteiger partial charge < -0.3 is 14.5 Å². The molecule has 34 heavy (non-hydrogen) atoms. The number of carbonyl (C=O) groups excluding carboxylic acids is 1. The first-order valence-corrected chi connectivity index (χ1v) is 11.5. The normalized spacial score (nSPS) is 14.1. The molecule has 0 radical (unpaired) electrons. The van der Waals surface area contributed by atoms with Crippen LogP contribution in [0.5, 0.6) is 5.75 Å². The Hall–Kier alpha value is -4.01. The van der Waals surface area contributed by atoms with Crippen molar-refractivity contribution in [3.63, 3.8) is 0 Å². The van der Waals surface area contributed by atoms with E-state index >= 15 is 0 Å². The predicted octanol–water partition coefficient (Wildman–Crippen LogP) is 3.02. The number of hydrogen-bond donors (Lipinski definition) is 0. The Morgan fingerprint density at radius 1 is 0.971 bits per heavy atom. The zero-order valence-corrected chi connectivity index (χ0v) is 19.3. The van der Waals surface area contributed by atoms with Gasteiger partial charge >= 0.3 is 0 Å². The van der Waals surface area contributed by atoms with Crippen molar-refractivity contribution in [2.24, 2.45) is 0 Å². The molecule has 1 amide bonds.